The van der Waals surface area contributed by atoms with Crippen LogP contribution in [0, 0.1) is 11.6 Å². The molecule has 122 valence electrons. The summed E-state index contributed by atoms with van der Waals surface area (Å²) in [5, 5.41) is 10.0. The molecule has 23 heavy (non-hydrogen) atoms. The molecule has 1 N–H and O–H groups in total. The van der Waals surface area contributed by atoms with Crippen LogP contribution in [0.25, 0.3) is 0 Å². The van der Waals surface area contributed by atoms with Crippen molar-refractivity contribution in [2.75, 3.05) is 0 Å². The Hall–Kier alpha value is -1.50. The lowest BCUT2D eigenvalue weighted by molar-refractivity contribution is 0.0539. The number of sulfone groups is 1. The van der Waals surface area contributed by atoms with E-state index >= 15 is 0 Å². The highest BCUT2D eigenvalue weighted by Gasteiger charge is 2.56. The van der Waals surface area contributed by atoms with Crippen LogP contribution in [0.2, 0.25) is 5.02 Å². The van der Waals surface area contributed by atoms with Crippen LogP contribution in [0.15, 0.2) is 47.4 Å². The quantitative estimate of drug-likeness (QED) is 0.914. The Labute approximate surface area is 137 Å². The van der Waals surface area contributed by atoms with Crippen molar-refractivity contribution in [2.45, 2.75) is 28.6 Å². The monoisotopic (exact) mass is 358 g/mol. The fraction of sp³-hybridized carbons (Fsp3) is 0.250. The van der Waals surface area contributed by atoms with Crippen LogP contribution >= 0.6 is 11.6 Å². The number of hydrogen-bond donors (Lipinski definition) is 1. The van der Waals surface area contributed by atoms with E-state index < -0.39 is 32.3 Å². The molecule has 0 amide bonds. The zero-order chi connectivity index (χ0) is 16.8. The van der Waals surface area contributed by atoms with Crippen molar-refractivity contribution in [3.8, 4) is 0 Å². The van der Waals surface area contributed by atoms with Gasteiger partial charge in [0.25, 0.3) is 0 Å². The highest BCUT2D eigenvalue weighted by atomic mass is 35.5. The van der Waals surface area contributed by atoms with E-state index in [9.17, 15) is 22.3 Å². The van der Waals surface area contributed by atoms with Crippen molar-refractivity contribution >= 4 is 21.4 Å². The van der Waals surface area contributed by atoms with Crippen LogP contribution in [0.1, 0.15) is 18.4 Å². The third kappa shape index (κ3) is 2.55. The third-order valence-corrected chi connectivity index (χ3v) is 6.92. The van der Waals surface area contributed by atoms with E-state index in [2.05, 4.69) is 0 Å². The first-order valence-electron chi connectivity index (χ1n) is 6.90. The Morgan fingerprint density at radius 3 is 2.26 bits per heavy atom. The molecule has 1 fully saturated rings. The smallest absolute Gasteiger partial charge is 0.188 e. The topological polar surface area (TPSA) is 54.4 Å². The molecule has 0 saturated heterocycles. The third-order valence-electron chi connectivity index (χ3n) is 4.19. The van der Waals surface area contributed by atoms with Crippen LogP contribution in [0.3, 0.4) is 0 Å². The molecule has 0 spiro atoms. The van der Waals surface area contributed by atoms with Gasteiger partial charge in [0, 0.05) is 10.6 Å². The number of hydrogen-bond acceptors (Lipinski definition) is 3. The first-order valence-corrected chi connectivity index (χ1v) is 8.76. The lowest BCUT2D eigenvalue weighted by atomic mass is 9.76. The summed E-state index contributed by atoms with van der Waals surface area (Å²) in [5.41, 5.74) is -0.252. The van der Waals surface area contributed by atoms with E-state index in [1.807, 2.05) is 0 Å². The minimum atomic E-state index is -4.03. The molecule has 7 heteroatoms. The molecule has 3 nitrogen and oxygen atoms in total. The van der Waals surface area contributed by atoms with Gasteiger partial charge in [-0.15, -0.1) is 0 Å². The molecule has 0 unspecified atom stereocenters. The highest BCUT2D eigenvalue weighted by Crippen LogP contribution is 2.51. The number of benzene rings is 2. The predicted molar refractivity (Wildman–Crippen MR) is 81.9 cm³/mol. The largest absolute Gasteiger partial charge is 0.393 e. The highest BCUT2D eigenvalue weighted by molar-refractivity contribution is 7.92. The molecule has 2 aromatic rings. The molecule has 3 rings (SSSR count). The minimum Gasteiger partial charge on any atom is -0.393 e. The van der Waals surface area contributed by atoms with Gasteiger partial charge in [0.2, 0.25) is 0 Å². The Kier molecular flexibility index (Phi) is 3.94. The van der Waals surface area contributed by atoms with Crippen LogP contribution in [0.5, 0.6) is 0 Å². The molecule has 2 aromatic carbocycles. The van der Waals surface area contributed by atoms with Crippen molar-refractivity contribution < 1.29 is 22.3 Å². The van der Waals surface area contributed by atoms with Gasteiger partial charge in [-0.3, -0.25) is 0 Å². The van der Waals surface area contributed by atoms with Gasteiger partial charge in [-0.25, -0.2) is 17.2 Å². The summed E-state index contributed by atoms with van der Waals surface area (Å²) in [6, 6.07) is 8.18. The maximum atomic E-state index is 14.2. The average Bonchev–Trinajstić information content (AvgIpc) is 2.46. The fourth-order valence-corrected chi connectivity index (χ4v) is 5.31. The van der Waals surface area contributed by atoms with Crippen molar-refractivity contribution in [3.05, 3.63) is 64.7 Å². The maximum absolute atomic E-state index is 14.2. The van der Waals surface area contributed by atoms with E-state index in [-0.39, 0.29) is 23.3 Å². The van der Waals surface area contributed by atoms with Gasteiger partial charge in [-0.2, -0.15) is 0 Å². The Morgan fingerprint density at radius 1 is 1.09 bits per heavy atom. The molecule has 1 aliphatic carbocycles. The summed E-state index contributed by atoms with van der Waals surface area (Å²) in [7, 11) is -4.03. The molecule has 0 aromatic heterocycles. The zero-order valence-electron chi connectivity index (χ0n) is 11.8. The van der Waals surface area contributed by atoms with E-state index in [1.54, 1.807) is 0 Å². The molecule has 1 saturated carbocycles. The summed E-state index contributed by atoms with van der Waals surface area (Å²) >= 11 is 5.77. The van der Waals surface area contributed by atoms with Gasteiger partial charge >= 0.3 is 0 Å². The zero-order valence-corrected chi connectivity index (χ0v) is 13.4. The minimum absolute atomic E-state index is 0.0440. The molecule has 0 atom stereocenters. The number of aliphatic hydroxyl groups excluding tert-OH is 1. The second kappa shape index (κ2) is 5.54. The summed E-state index contributed by atoms with van der Waals surface area (Å²) in [6.07, 6.45) is -1.24. The van der Waals surface area contributed by atoms with Crippen molar-refractivity contribution in [1.82, 2.24) is 0 Å². The van der Waals surface area contributed by atoms with Gasteiger partial charge in [0.05, 0.1) is 11.0 Å². The number of rotatable bonds is 3. The van der Waals surface area contributed by atoms with Gasteiger partial charge in [-0.1, -0.05) is 11.6 Å². The first kappa shape index (κ1) is 16.4. The van der Waals surface area contributed by atoms with Crippen molar-refractivity contribution in [1.29, 1.82) is 0 Å². The molecule has 0 aliphatic heterocycles. The first-order chi connectivity index (χ1) is 10.8. The molecule has 1 aliphatic rings. The summed E-state index contributed by atoms with van der Waals surface area (Å²) < 4.78 is 52.1. The lowest BCUT2D eigenvalue weighted by Gasteiger charge is -2.44. The van der Waals surface area contributed by atoms with Crippen LogP contribution in [-0.4, -0.2) is 19.6 Å². The van der Waals surface area contributed by atoms with E-state index in [0.717, 1.165) is 18.2 Å². The summed E-state index contributed by atoms with van der Waals surface area (Å²) in [6.45, 7) is 0. The van der Waals surface area contributed by atoms with Crippen LogP contribution < -0.4 is 0 Å². The SMILES string of the molecule is O=S(=O)(c1ccc(Cl)cc1)[C@]1(c2cc(F)ccc2F)C[C@H](O)C1. The standard InChI is InChI=1S/C16H13ClF2O3S/c17-10-1-4-13(5-2-10)23(21,22)16(8-12(20)9-16)14-7-11(18)3-6-15(14)19/h1-7,12,20H,8-9H2/t12-,16+. The van der Waals surface area contributed by atoms with Gasteiger partial charge in [0.15, 0.2) is 9.84 Å². The maximum Gasteiger partial charge on any atom is 0.188 e. The van der Waals surface area contributed by atoms with Gasteiger partial charge < -0.3 is 5.11 Å². The van der Waals surface area contributed by atoms with Gasteiger partial charge in [0.1, 0.15) is 16.4 Å². The Morgan fingerprint density at radius 2 is 1.70 bits per heavy atom. The Balaban J connectivity index is 2.18. The normalized spacial score (nSPS) is 24.3. The fourth-order valence-electron chi connectivity index (χ4n) is 2.97. The molecular formula is C16H13ClF2O3S. The number of aliphatic hydroxyl groups is 1. The summed E-state index contributed by atoms with van der Waals surface area (Å²) in [5.74, 6) is -1.54. The predicted octanol–water partition coefficient (Wildman–Crippen LogP) is 3.44. The van der Waals surface area contributed by atoms with E-state index in [0.29, 0.717) is 5.02 Å². The Bertz CT molecular complexity index is 844. The average molecular weight is 359 g/mol. The molecule has 0 bridgehead atoms. The van der Waals surface area contributed by atoms with E-state index in [4.69, 9.17) is 11.6 Å². The van der Waals surface area contributed by atoms with Crippen LogP contribution in [0.4, 0.5) is 8.78 Å². The number of halogens is 3. The second-order valence-corrected chi connectivity index (χ2v) is 8.33. The van der Waals surface area contributed by atoms with Gasteiger partial charge in [-0.05, 0) is 55.3 Å². The molecular weight excluding hydrogens is 346 g/mol. The molecule has 0 heterocycles. The summed E-state index contributed by atoms with van der Waals surface area (Å²) in [4.78, 5) is -0.0440. The second-order valence-electron chi connectivity index (χ2n) is 5.64. The van der Waals surface area contributed by atoms with E-state index in [1.165, 1.54) is 24.3 Å². The molecule has 0 radical (unpaired) electrons. The van der Waals surface area contributed by atoms with Crippen molar-refractivity contribution in [3.63, 3.8) is 0 Å². The van der Waals surface area contributed by atoms with Crippen LogP contribution in [-0.2, 0) is 14.6 Å². The lowest BCUT2D eigenvalue weighted by Crippen LogP contribution is -2.51. The van der Waals surface area contributed by atoms with Crippen molar-refractivity contribution in [2.24, 2.45) is 0 Å².